The Balaban J connectivity index is 2.45. The molecule has 1 atom stereocenters. The summed E-state index contributed by atoms with van der Waals surface area (Å²) < 4.78 is 35.4. The van der Waals surface area contributed by atoms with Gasteiger partial charge in [0.1, 0.15) is 8.42 Å². The monoisotopic (exact) mass is 335 g/mol. The molecule has 2 N–H and O–H groups in total. The van der Waals surface area contributed by atoms with Crippen molar-refractivity contribution in [2.75, 3.05) is 0 Å². The van der Waals surface area contributed by atoms with Gasteiger partial charge in [-0.1, -0.05) is 11.6 Å². The first kappa shape index (κ1) is 14.7. The van der Waals surface area contributed by atoms with Crippen LogP contribution in [-0.2, 0) is 20.8 Å². The van der Waals surface area contributed by atoms with Crippen molar-refractivity contribution in [3.63, 3.8) is 0 Å². The van der Waals surface area contributed by atoms with Gasteiger partial charge in [-0.3, -0.25) is 0 Å². The molecule has 1 aromatic carbocycles. The van der Waals surface area contributed by atoms with Gasteiger partial charge in [0.15, 0.2) is 0 Å². The molecule has 0 fully saturated rings. The third-order valence-electron chi connectivity index (χ3n) is 2.33. The van der Waals surface area contributed by atoms with Crippen LogP contribution in [0.15, 0.2) is 43.6 Å². The topological polar surface area (TPSA) is 77.2 Å². The molecule has 0 saturated carbocycles. The number of nitrogens with two attached hydrogens (primary N) is 1. The van der Waals surface area contributed by atoms with Crippen molar-refractivity contribution in [1.29, 1.82) is 0 Å². The molecular weight excluding hydrogens is 326 g/mol. The summed E-state index contributed by atoms with van der Waals surface area (Å²) in [5.74, 6) is 0. The summed E-state index contributed by atoms with van der Waals surface area (Å²) in [6.45, 7) is 1.70. The second-order valence-electron chi connectivity index (χ2n) is 3.80. The molecule has 0 radical (unpaired) electrons. The molecule has 0 saturated heterocycles. The number of aryl methyl sites for hydroxylation is 1. The summed E-state index contributed by atoms with van der Waals surface area (Å²) in [6.07, 6.45) is 0. The first-order valence-corrected chi connectivity index (χ1v) is 8.98. The molecule has 0 aliphatic rings. The molecule has 8 heteroatoms. The zero-order valence-corrected chi connectivity index (χ0v) is 13.0. The Hall–Kier alpha value is -0.730. The number of hydrogen-bond acceptors (Lipinski definition) is 4. The van der Waals surface area contributed by atoms with E-state index in [1.807, 2.05) is 0 Å². The summed E-state index contributed by atoms with van der Waals surface area (Å²) in [5, 5.41) is 5.61. The average Bonchev–Trinajstić information content (AvgIpc) is 2.71. The van der Waals surface area contributed by atoms with Crippen LogP contribution in [0.2, 0.25) is 5.02 Å². The fraction of sp³-hybridized carbons (Fsp3) is 0.0909. The summed E-state index contributed by atoms with van der Waals surface area (Å²) >= 11 is 6.69. The van der Waals surface area contributed by atoms with E-state index in [0.29, 0.717) is 19.7 Å². The van der Waals surface area contributed by atoms with Crippen LogP contribution >= 0.6 is 22.9 Å². The number of hydrogen-bond donors (Lipinski definition) is 1. The van der Waals surface area contributed by atoms with Gasteiger partial charge in [0.05, 0.1) is 10.8 Å². The Morgan fingerprint density at radius 2 is 1.84 bits per heavy atom. The Kier molecular flexibility index (Phi) is 4.12. The molecule has 0 aliphatic heterocycles. The van der Waals surface area contributed by atoms with E-state index in [4.69, 9.17) is 16.7 Å². The number of primary sulfonamides is 1. The molecule has 19 heavy (non-hydrogen) atoms. The number of thiophene rings is 1. The summed E-state index contributed by atoms with van der Waals surface area (Å²) in [4.78, 5) is 0.565. The normalized spacial score (nSPS) is 13.4. The quantitative estimate of drug-likeness (QED) is 0.936. The standard InChI is InChI=1S/C11H10ClNO3S3/c1-7-6-10(19(13,15)16)17-11(7)18(14)9-4-2-8(12)3-5-9/h2-6H,1H3,(H2,13,15,16)/t18-/m0/s1. The largest absolute Gasteiger partial charge is 0.248 e. The van der Waals surface area contributed by atoms with E-state index in [2.05, 4.69) is 0 Å². The van der Waals surface area contributed by atoms with E-state index >= 15 is 0 Å². The van der Waals surface area contributed by atoms with Crippen LogP contribution in [0.4, 0.5) is 0 Å². The van der Waals surface area contributed by atoms with Crippen LogP contribution in [0.5, 0.6) is 0 Å². The van der Waals surface area contributed by atoms with Crippen molar-refractivity contribution in [2.24, 2.45) is 5.14 Å². The molecule has 1 heterocycles. The lowest BCUT2D eigenvalue weighted by Crippen LogP contribution is -2.09. The van der Waals surface area contributed by atoms with E-state index in [-0.39, 0.29) is 4.21 Å². The average molecular weight is 336 g/mol. The fourth-order valence-electron chi connectivity index (χ4n) is 1.43. The Bertz CT molecular complexity index is 735. The molecule has 0 aliphatic carbocycles. The minimum atomic E-state index is -3.76. The fourth-order valence-corrected chi connectivity index (χ4v) is 5.21. The molecule has 4 nitrogen and oxygen atoms in total. The van der Waals surface area contributed by atoms with E-state index in [0.717, 1.165) is 11.3 Å². The van der Waals surface area contributed by atoms with Crippen LogP contribution in [-0.4, -0.2) is 12.6 Å². The number of halogens is 1. The van der Waals surface area contributed by atoms with Gasteiger partial charge in [-0.05, 0) is 42.8 Å². The number of sulfonamides is 1. The maximum absolute atomic E-state index is 12.4. The molecule has 1 aromatic heterocycles. The third-order valence-corrected chi connectivity index (χ3v) is 7.09. The van der Waals surface area contributed by atoms with Crippen LogP contribution < -0.4 is 5.14 Å². The van der Waals surface area contributed by atoms with Gasteiger partial charge in [0.25, 0.3) is 0 Å². The maximum atomic E-state index is 12.4. The molecule has 0 unspecified atom stereocenters. The molecule has 2 aromatic rings. The highest BCUT2D eigenvalue weighted by molar-refractivity contribution is 7.92. The molecule has 0 bridgehead atoms. The highest BCUT2D eigenvalue weighted by atomic mass is 35.5. The first-order valence-electron chi connectivity index (χ1n) is 5.09. The van der Waals surface area contributed by atoms with Crippen molar-refractivity contribution in [2.45, 2.75) is 20.2 Å². The van der Waals surface area contributed by atoms with Gasteiger partial charge in [0, 0.05) is 9.92 Å². The smallest absolute Gasteiger partial charge is 0.247 e. The van der Waals surface area contributed by atoms with Crippen molar-refractivity contribution in [1.82, 2.24) is 0 Å². The zero-order valence-electron chi connectivity index (χ0n) is 9.79. The summed E-state index contributed by atoms with van der Waals surface area (Å²) in [5.41, 5.74) is 0.641. The van der Waals surface area contributed by atoms with Crippen molar-refractivity contribution in [3.8, 4) is 0 Å². The molecular formula is C11H10ClNO3S3. The Morgan fingerprint density at radius 1 is 1.26 bits per heavy atom. The highest BCUT2D eigenvalue weighted by Gasteiger charge is 2.19. The third kappa shape index (κ3) is 3.24. The number of benzene rings is 1. The van der Waals surface area contributed by atoms with Gasteiger partial charge in [-0.15, -0.1) is 11.3 Å². The molecule has 102 valence electrons. The van der Waals surface area contributed by atoms with Gasteiger partial charge in [-0.2, -0.15) is 0 Å². The van der Waals surface area contributed by atoms with Gasteiger partial charge in [0.2, 0.25) is 10.0 Å². The van der Waals surface area contributed by atoms with Crippen LogP contribution in [0.1, 0.15) is 5.56 Å². The minimum Gasteiger partial charge on any atom is -0.248 e. The van der Waals surface area contributed by atoms with Crippen molar-refractivity contribution < 1.29 is 12.6 Å². The van der Waals surface area contributed by atoms with Crippen molar-refractivity contribution >= 4 is 43.8 Å². The summed E-state index contributed by atoms with van der Waals surface area (Å²) in [7, 11) is -5.20. The lowest BCUT2D eigenvalue weighted by atomic mass is 10.4. The highest BCUT2D eigenvalue weighted by Crippen LogP contribution is 2.31. The molecule has 0 spiro atoms. The van der Waals surface area contributed by atoms with Gasteiger partial charge < -0.3 is 0 Å². The Labute approximate surface area is 122 Å². The maximum Gasteiger partial charge on any atom is 0.247 e. The van der Waals surface area contributed by atoms with Crippen LogP contribution in [0.3, 0.4) is 0 Å². The van der Waals surface area contributed by atoms with E-state index in [1.54, 1.807) is 31.2 Å². The second-order valence-corrected chi connectivity index (χ2v) is 8.76. The molecule has 2 rings (SSSR count). The van der Waals surface area contributed by atoms with Gasteiger partial charge >= 0.3 is 0 Å². The van der Waals surface area contributed by atoms with Crippen LogP contribution in [0.25, 0.3) is 0 Å². The SMILES string of the molecule is Cc1cc(S(N)(=O)=O)sc1[S@@](=O)c1ccc(Cl)cc1. The van der Waals surface area contributed by atoms with E-state index in [9.17, 15) is 12.6 Å². The zero-order chi connectivity index (χ0) is 14.2. The van der Waals surface area contributed by atoms with E-state index < -0.39 is 20.8 Å². The Morgan fingerprint density at radius 3 is 2.32 bits per heavy atom. The minimum absolute atomic E-state index is 0.0160. The summed E-state index contributed by atoms with van der Waals surface area (Å²) in [6, 6.07) is 8.00. The number of rotatable bonds is 3. The van der Waals surface area contributed by atoms with E-state index in [1.165, 1.54) is 6.07 Å². The predicted octanol–water partition coefficient (Wildman–Crippen LogP) is 2.52. The second kappa shape index (κ2) is 5.34. The van der Waals surface area contributed by atoms with Gasteiger partial charge in [-0.25, -0.2) is 17.8 Å². The predicted molar refractivity (Wildman–Crippen MR) is 76.6 cm³/mol. The lowest BCUT2D eigenvalue weighted by molar-refractivity contribution is 0.599. The molecule has 0 amide bonds. The lowest BCUT2D eigenvalue weighted by Gasteiger charge is -2.00. The van der Waals surface area contributed by atoms with Crippen molar-refractivity contribution in [3.05, 3.63) is 40.9 Å². The van der Waals surface area contributed by atoms with Crippen LogP contribution in [0, 0.1) is 6.92 Å². The first-order chi connectivity index (χ1) is 8.79.